The normalized spacial score (nSPS) is 11.8. The Morgan fingerprint density at radius 2 is 1.43 bits per heavy atom. The first-order chi connectivity index (χ1) is 14.4. The van der Waals surface area contributed by atoms with Crippen LogP contribution in [0.3, 0.4) is 0 Å². The number of nitrogens with one attached hydrogen (secondary N) is 1. The predicted octanol–water partition coefficient (Wildman–Crippen LogP) is 5.76. The average molecular weight is 402 g/mol. The van der Waals surface area contributed by atoms with E-state index in [9.17, 15) is 9.59 Å². The number of ketones is 1. The zero-order valence-corrected chi connectivity index (χ0v) is 17.8. The van der Waals surface area contributed by atoms with Gasteiger partial charge in [0.05, 0.1) is 0 Å². The SMILES string of the molecule is Cc1cccc(C(C)C)c1NC(=O)[C@@H](C)Oc1ccc(C(=O)c2ccccc2)cc1. The zero-order valence-electron chi connectivity index (χ0n) is 17.8. The van der Waals surface area contributed by atoms with E-state index in [1.165, 1.54) is 0 Å². The lowest BCUT2D eigenvalue weighted by atomic mass is 9.98. The van der Waals surface area contributed by atoms with Crippen LogP contribution in [0.5, 0.6) is 5.75 Å². The van der Waals surface area contributed by atoms with Crippen LogP contribution in [0.1, 0.15) is 53.7 Å². The van der Waals surface area contributed by atoms with Crippen LogP contribution < -0.4 is 10.1 Å². The summed E-state index contributed by atoms with van der Waals surface area (Å²) in [7, 11) is 0. The van der Waals surface area contributed by atoms with E-state index in [2.05, 4.69) is 19.2 Å². The molecule has 4 heteroatoms. The topological polar surface area (TPSA) is 55.4 Å². The smallest absolute Gasteiger partial charge is 0.265 e. The summed E-state index contributed by atoms with van der Waals surface area (Å²) in [5, 5.41) is 3.01. The van der Waals surface area contributed by atoms with Crippen LogP contribution in [-0.4, -0.2) is 17.8 Å². The molecule has 1 atom stereocenters. The zero-order chi connectivity index (χ0) is 21.7. The van der Waals surface area contributed by atoms with Crippen LogP contribution in [0.15, 0.2) is 72.8 Å². The van der Waals surface area contributed by atoms with Gasteiger partial charge in [-0.25, -0.2) is 0 Å². The molecule has 154 valence electrons. The minimum atomic E-state index is -0.680. The van der Waals surface area contributed by atoms with Gasteiger partial charge in [0.2, 0.25) is 0 Å². The van der Waals surface area contributed by atoms with Crippen LogP contribution in [0.4, 0.5) is 5.69 Å². The third-order valence-electron chi connectivity index (χ3n) is 5.01. The number of carbonyl (C=O) groups excluding carboxylic acids is 2. The van der Waals surface area contributed by atoms with Gasteiger partial charge in [-0.1, -0.05) is 62.4 Å². The van der Waals surface area contributed by atoms with Gasteiger partial charge in [-0.2, -0.15) is 0 Å². The van der Waals surface area contributed by atoms with Gasteiger partial charge >= 0.3 is 0 Å². The Labute approximate surface area is 177 Å². The van der Waals surface area contributed by atoms with Crippen molar-refractivity contribution in [3.63, 3.8) is 0 Å². The number of amides is 1. The molecule has 0 saturated heterocycles. The molecule has 3 rings (SSSR count). The lowest BCUT2D eigenvalue weighted by Gasteiger charge is -2.19. The van der Waals surface area contributed by atoms with Crippen molar-refractivity contribution in [2.75, 3.05) is 5.32 Å². The van der Waals surface area contributed by atoms with Crippen molar-refractivity contribution in [2.24, 2.45) is 0 Å². The molecular formula is C26H27NO3. The highest BCUT2D eigenvalue weighted by Gasteiger charge is 2.18. The molecule has 0 radical (unpaired) electrons. The second-order valence-electron chi connectivity index (χ2n) is 7.66. The number of carbonyl (C=O) groups is 2. The number of hydrogen-bond donors (Lipinski definition) is 1. The number of ether oxygens (including phenoxy) is 1. The highest BCUT2D eigenvalue weighted by molar-refractivity contribution is 6.09. The van der Waals surface area contributed by atoms with Gasteiger partial charge in [-0.3, -0.25) is 9.59 Å². The molecule has 0 bridgehead atoms. The molecule has 0 aromatic heterocycles. The summed E-state index contributed by atoms with van der Waals surface area (Å²) >= 11 is 0. The van der Waals surface area contributed by atoms with Crippen LogP contribution in [-0.2, 0) is 4.79 Å². The lowest BCUT2D eigenvalue weighted by molar-refractivity contribution is -0.122. The first-order valence-electron chi connectivity index (χ1n) is 10.1. The quantitative estimate of drug-likeness (QED) is 0.513. The summed E-state index contributed by atoms with van der Waals surface area (Å²) < 4.78 is 5.81. The molecule has 0 unspecified atom stereocenters. The Morgan fingerprint density at radius 1 is 0.800 bits per heavy atom. The highest BCUT2D eigenvalue weighted by Crippen LogP contribution is 2.27. The van der Waals surface area contributed by atoms with Crippen molar-refractivity contribution >= 4 is 17.4 Å². The van der Waals surface area contributed by atoms with E-state index in [4.69, 9.17) is 4.74 Å². The van der Waals surface area contributed by atoms with Crippen molar-refractivity contribution in [3.05, 3.63) is 95.1 Å². The second-order valence-corrected chi connectivity index (χ2v) is 7.66. The minimum absolute atomic E-state index is 0.0475. The largest absolute Gasteiger partial charge is 0.481 e. The van der Waals surface area contributed by atoms with Crippen molar-refractivity contribution in [1.82, 2.24) is 0 Å². The van der Waals surface area contributed by atoms with Gasteiger partial charge in [0.15, 0.2) is 11.9 Å². The van der Waals surface area contributed by atoms with Crippen LogP contribution in [0.2, 0.25) is 0 Å². The molecule has 0 aliphatic carbocycles. The number of benzene rings is 3. The average Bonchev–Trinajstić information content (AvgIpc) is 2.75. The van der Waals surface area contributed by atoms with Crippen molar-refractivity contribution in [2.45, 2.75) is 39.7 Å². The number of hydrogen-bond acceptors (Lipinski definition) is 3. The fourth-order valence-electron chi connectivity index (χ4n) is 3.27. The van der Waals surface area contributed by atoms with Gasteiger partial charge in [0.25, 0.3) is 5.91 Å². The van der Waals surface area contributed by atoms with Crippen molar-refractivity contribution in [1.29, 1.82) is 0 Å². The number of rotatable bonds is 7. The third kappa shape index (κ3) is 4.95. The van der Waals surface area contributed by atoms with E-state index in [1.54, 1.807) is 43.3 Å². The van der Waals surface area contributed by atoms with E-state index in [0.29, 0.717) is 22.8 Å². The van der Waals surface area contributed by atoms with Gasteiger partial charge in [0.1, 0.15) is 5.75 Å². The van der Waals surface area contributed by atoms with Gasteiger partial charge in [0, 0.05) is 16.8 Å². The van der Waals surface area contributed by atoms with Gasteiger partial charge in [-0.15, -0.1) is 0 Å². The molecule has 0 heterocycles. The first kappa shape index (κ1) is 21.3. The lowest BCUT2D eigenvalue weighted by Crippen LogP contribution is -2.30. The molecule has 0 aliphatic heterocycles. The Morgan fingerprint density at radius 3 is 2.07 bits per heavy atom. The molecule has 3 aromatic rings. The maximum Gasteiger partial charge on any atom is 0.265 e. The minimum Gasteiger partial charge on any atom is -0.481 e. The fraction of sp³-hybridized carbons (Fsp3) is 0.231. The second kappa shape index (κ2) is 9.40. The van der Waals surface area contributed by atoms with Crippen LogP contribution >= 0.6 is 0 Å². The molecular weight excluding hydrogens is 374 g/mol. The summed E-state index contributed by atoms with van der Waals surface area (Å²) in [5.74, 6) is 0.576. The number of para-hydroxylation sites is 1. The molecule has 3 aromatic carbocycles. The monoisotopic (exact) mass is 401 g/mol. The summed E-state index contributed by atoms with van der Waals surface area (Å²) in [5.41, 5.74) is 4.17. The fourth-order valence-corrected chi connectivity index (χ4v) is 3.27. The van der Waals surface area contributed by atoms with Crippen LogP contribution in [0, 0.1) is 6.92 Å². The van der Waals surface area contributed by atoms with E-state index < -0.39 is 6.10 Å². The van der Waals surface area contributed by atoms with Gasteiger partial charge < -0.3 is 10.1 Å². The van der Waals surface area contributed by atoms with Crippen molar-refractivity contribution in [3.8, 4) is 5.75 Å². The van der Waals surface area contributed by atoms with E-state index in [-0.39, 0.29) is 11.7 Å². The molecule has 30 heavy (non-hydrogen) atoms. The predicted molar refractivity (Wildman–Crippen MR) is 120 cm³/mol. The van der Waals surface area contributed by atoms with E-state index in [0.717, 1.165) is 16.8 Å². The molecule has 4 nitrogen and oxygen atoms in total. The molecule has 0 fully saturated rings. The van der Waals surface area contributed by atoms with Crippen molar-refractivity contribution < 1.29 is 14.3 Å². The molecule has 0 spiro atoms. The molecule has 1 amide bonds. The maximum atomic E-state index is 12.7. The molecule has 0 saturated carbocycles. The molecule has 1 N–H and O–H groups in total. The van der Waals surface area contributed by atoms with E-state index in [1.807, 2.05) is 43.3 Å². The molecule has 0 aliphatic rings. The first-order valence-corrected chi connectivity index (χ1v) is 10.1. The Balaban J connectivity index is 1.67. The summed E-state index contributed by atoms with van der Waals surface area (Å²) in [6, 6.07) is 22.0. The Hall–Kier alpha value is -3.40. The number of aryl methyl sites for hydroxylation is 1. The summed E-state index contributed by atoms with van der Waals surface area (Å²) in [6.07, 6.45) is -0.680. The van der Waals surface area contributed by atoms with Gasteiger partial charge in [-0.05, 0) is 55.2 Å². The highest BCUT2D eigenvalue weighted by atomic mass is 16.5. The standard InChI is InChI=1S/C26H27NO3/c1-17(2)23-12-8-9-18(3)24(23)27-26(29)19(4)30-22-15-13-21(14-16-22)25(28)20-10-6-5-7-11-20/h5-17,19H,1-4H3,(H,27,29)/t19-/m1/s1. The van der Waals surface area contributed by atoms with E-state index >= 15 is 0 Å². The van der Waals surface area contributed by atoms with Crippen LogP contribution in [0.25, 0.3) is 0 Å². The Bertz CT molecular complexity index is 1020. The summed E-state index contributed by atoms with van der Waals surface area (Å²) in [6.45, 7) is 7.90. The third-order valence-corrected chi connectivity index (χ3v) is 5.01. The Kier molecular flexibility index (Phi) is 6.68. The number of anilines is 1. The summed E-state index contributed by atoms with van der Waals surface area (Å²) in [4.78, 5) is 25.2. The maximum absolute atomic E-state index is 12.7.